The highest BCUT2D eigenvalue weighted by Crippen LogP contribution is 2.20. The van der Waals surface area contributed by atoms with Gasteiger partial charge in [0.05, 0.1) is 4.92 Å². The third kappa shape index (κ3) is 2.29. The molecule has 0 amide bonds. The Hall–Kier alpha value is -1.95. The zero-order valence-electron chi connectivity index (χ0n) is 7.58. The summed E-state index contributed by atoms with van der Waals surface area (Å²) in [6, 6.07) is 6.21. The predicted octanol–water partition coefficient (Wildman–Crippen LogP) is 2.79. The van der Waals surface area contributed by atoms with E-state index in [0.29, 0.717) is 0 Å². The summed E-state index contributed by atoms with van der Waals surface area (Å²) in [6.45, 7) is 0. The maximum atomic E-state index is 10.4. The third-order valence-corrected chi connectivity index (χ3v) is 2.45. The number of hydrogen-bond donors (Lipinski definition) is 1. The monoisotopic (exact) mass is 221 g/mol. The maximum Gasteiger partial charge on any atom is 0.269 e. The molecule has 1 N–H and O–H groups in total. The summed E-state index contributed by atoms with van der Waals surface area (Å²) in [5, 5.41) is 16.1. The smallest absolute Gasteiger partial charge is 0.269 e. The number of benzene rings is 1. The quantitative estimate of drug-likeness (QED) is 0.639. The lowest BCUT2D eigenvalue weighted by Crippen LogP contribution is -1.90. The van der Waals surface area contributed by atoms with Crippen molar-refractivity contribution in [1.29, 1.82) is 0 Å². The lowest BCUT2D eigenvalue weighted by atomic mass is 10.3. The lowest BCUT2D eigenvalue weighted by molar-refractivity contribution is -0.384. The molecule has 15 heavy (non-hydrogen) atoms. The minimum Gasteiger partial charge on any atom is -0.332 e. The van der Waals surface area contributed by atoms with E-state index < -0.39 is 4.92 Å². The molecule has 0 fully saturated rings. The topological polar surface area (TPSA) is 68.1 Å². The summed E-state index contributed by atoms with van der Waals surface area (Å²) in [6.07, 6.45) is 1.69. The van der Waals surface area contributed by atoms with Gasteiger partial charge in [-0.05, 0) is 12.1 Å². The van der Waals surface area contributed by atoms with Gasteiger partial charge in [0.15, 0.2) is 5.13 Å². The van der Waals surface area contributed by atoms with E-state index in [0.717, 1.165) is 10.8 Å². The van der Waals surface area contributed by atoms with Crippen molar-refractivity contribution < 1.29 is 4.92 Å². The van der Waals surface area contributed by atoms with Gasteiger partial charge in [-0.15, -0.1) is 11.3 Å². The average molecular weight is 221 g/mol. The van der Waals surface area contributed by atoms with E-state index in [1.54, 1.807) is 18.3 Å². The molecule has 0 aliphatic carbocycles. The van der Waals surface area contributed by atoms with E-state index in [-0.39, 0.29) is 5.69 Å². The van der Waals surface area contributed by atoms with Crippen LogP contribution in [0.15, 0.2) is 35.8 Å². The maximum absolute atomic E-state index is 10.4. The van der Waals surface area contributed by atoms with Crippen molar-refractivity contribution >= 4 is 27.8 Å². The molecule has 1 aromatic carbocycles. The molecule has 1 aromatic heterocycles. The Bertz CT molecular complexity index is 453. The Labute approximate surface area is 89.6 Å². The number of nitrogens with one attached hydrogen (secondary N) is 1. The van der Waals surface area contributed by atoms with Crippen molar-refractivity contribution in [3.63, 3.8) is 0 Å². The molecule has 0 spiro atoms. The van der Waals surface area contributed by atoms with Crippen molar-refractivity contribution in [2.75, 3.05) is 5.32 Å². The minimum absolute atomic E-state index is 0.0830. The fraction of sp³-hybridized carbons (Fsp3) is 0. The number of nitro groups is 1. The average Bonchev–Trinajstić information content (AvgIpc) is 2.71. The Morgan fingerprint density at radius 1 is 1.33 bits per heavy atom. The minimum atomic E-state index is -0.423. The van der Waals surface area contributed by atoms with E-state index in [1.807, 2.05) is 5.38 Å². The number of hydrogen-bond acceptors (Lipinski definition) is 5. The molecule has 0 aliphatic heterocycles. The van der Waals surface area contributed by atoms with Gasteiger partial charge in [0.2, 0.25) is 0 Å². The largest absolute Gasteiger partial charge is 0.332 e. The van der Waals surface area contributed by atoms with Crippen LogP contribution in [0.4, 0.5) is 16.5 Å². The third-order valence-electron chi connectivity index (χ3n) is 1.76. The fourth-order valence-corrected chi connectivity index (χ4v) is 1.62. The van der Waals surface area contributed by atoms with Crippen LogP contribution in [0.5, 0.6) is 0 Å². The van der Waals surface area contributed by atoms with E-state index in [1.165, 1.54) is 23.5 Å². The van der Waals surface area contributed by atoms with Gasteiger partial charge in [-0.1, -0.05) is 0 Å². The van der Waals surface area contributed by atoms with E-state index in [2.05, 4.69) is 10.3 Å². The zero-order chi connectivity index (χ0) is 10.7. The molecule has 2 aromatic rings. The molecule has 0 bridgehead atoms. The van der Waals surface area contributed by atoms with Gasteiger partial charge >= 0.3 is 0 Å². The van der Waals surface area contributed by atoms with Gasteiger partial charge in [-0.25, -0.2) is 4.98 Å². The van der Waals surface area contributed by atoms with Crippen molar-refractivity contribution in [2.45, 2.75) is 0 Å². The second kappa shape index (κ2) is 4.05. The SMILES string of the molecule is O=[N+]([O-])c1ccc(Nc2nccs2)cc1. The van der Waals surface area contributed by atoms with Crippen LogP contribution in [-0.4, -0.2) is 9.91 Å². The number of rotatable bonds is 3. The molecule has 6 heteroatoms. The van der Waals surface area contributed by atoms with Crippen LogP contribution in [0.1, 0.15) is 0 Å². The highest BCUT2D eigenvalue weighted by molar-refractivity contribution is 7.13. The summed E-state index contributed by atoms with van der Waals surface area (Å²) >= 11 is 1.47. The summed E-state index contributed by atoms with van der Waals surface area (Å²) in [5.74, 6) is 0. The van der Waals surface area contributed by atoms with Crippen molar-refractivity contribution in [1.82, 2.24) is 4.98 Å². The molecule has 2 rings (SSSR count). The van der Waals surface area contributed by atoms with E-state index in [4.69, 9.17) is 0 Å². The van der Waals surface area contributed by atoms with Crippen molar-refractivity contribution in [2.24, 2.45) is 0 Å². The van der Waals surface area contributed by atoms with Gasteiger partial charge < -0.3 is 5.32 Å². The normalized spacial score (nSPS) is 9.87. The number of thiazole rings is 1. The van der Waals surface area contributed by atoms with Crippen LogP contribution < -0.4 is 5.32 Å². The van der Waals surface area contributed by atoms with Crippen LogP contribution in [0, 0.1) is 10.1 Å². The molecular formula is C9H7N3O2S. The summed E-state index contributed by atoms with van der Waals surface area (Å²) < 4.78 is 0. The Kier molecular flexibility index (Phi) is 2.59. The predicted molar refractivity (Wildman–Crippen MR) is 58.5 cm³/mol. The van der Waals surface area contributed by atoms with Gasteiger partial charge in [0.25, 0.3) is 5.69 Å². The molecule has 0 atom stereocenters. The number of aromatic nitrogens is 1. The van der Waals surface area contributed by atoms with Crippen LogP contribution in [0.2, 0.25) is 0 Å². The second-order valence-corrected chi connectivity index (χ2v) is 3.66. The highest BCUT2D eigenvalue weighted by Gasteiger charge is 2.04. The number of anilines is 2. The van der Waals surface area contributed by atoms with E-state index in [9.17, 15) is 10.1 Å². The Balaban J connectivity index is 2.14. The van der Waals surface area contributed by atoms with E-state index >= 15 is 0 Å². The van der Waals surface area contributed by atoms with Crippen LogP contribution >= 0.6 is 11.3 Å². The molecule has 1 heterocycles. The first-order chi connectivity index (χ1) is 7.25. The summed E-state index contributed by atoms with van der Waals surface area (Å²) in [4.78, 5) is 14.0. The number of nitrogens with zero attached hydrogens (tertiary/aromatic N) is 2. The molecule has 0 saturated heterocycles. The number of nitro benzene ring substituents is 1. The van der Waals surface area contributed by atoms with Gasteiger partial charge in [-0.3, -0.25) is 10.1 Å². The molecule has 0 unspecified atom stereocenters. The van der Waals surface area contributed by atoms with Crippen LogP contribution in [0.3, 0.4) is 0 Å². The van der Waals surface area contributed by atoms with Crippen LogP contribution in [-0.2, 0) is 0 Å². The molecule has 0 saturated carbocycles. The molecule has 0 aliphatic rings. The van der Waals surface area contributed by atoms with Gasteiger partial charge in [0.1, 0.15) is 0 Å². The highest BCUT2D eigenvalue weighted by atomic mass is 32.1. The fourth-order valence-electron chi connectivity index (χ4n) is 1.08. The summed E-state index contributed by atoms with van der Waals surface area (Å²) in [7, 11) is 0. The van der Waals surface area contributed by atoms with Gasteiger partial charge in [0, 0.05) is 29.4 Å². The van der Waals surface area contributed by atoms with Crippen molar-refractivity contribution in [3.05, 3.63) is 46.0 Å². The van der Waals surface area contributed by atoms with Crippen LogP contribution in [0.25, 0.3) is 0 Å². The Morgan fingerprint density at radius 2 is 2.07 bits per heavy atom. The first kappa shape index (κ1) is 9.60. The van der Waals surface area contributed by atoms with Crippen molar-refractivity contribution in [3.8, 4) is 0 Å². The van der Waals surface area contributed by atoms with Gasteiger partial charge in [-0.2, -0.15) is 0 Å². The Morgan fingerprint density at radius 3 is 2.60 bits per heavy atom. The zero-order valence-corrected chi connectivity index (χ0v) is 8.40. The molecular weight excluding hydrogens is 214 g/mol. The first-order valence-corrected chi connectivity index (χ1v) is 5.04. The molecule has 0 radical (unpaired) electrons. The second-order valence-electron chi connectivity index (χ2n) is 2.77. The summed E-state index contributed by atoms with van der Waals surface area (Å²) in [5.41, 5.74) is 0.871. The molecule has 76 valence electrons. The lowest BCUT2D eigenvalue weighted by Gasteiger charge is -2.00. The standard InChI is InChI=1S/C9H7N3O2S/c13-12(14)8-3-1-7(2-4-8)11-9-10-5-6-15-9/h1-6H,(H,10,11). The first-order valence-electron chi connectivity index (χ1n) is 4.17. The molecule has 5 nitrogen and oxygen atoms in total. The number of non-ortho nitro benzene ring substituents is 1.